The van der Waals surface area contributed by atoms with E-state index in [1.807, 2.05) is 32.0 Å². The minimum Gasteiger partial charge on any atom is -0.376 e. The minimum atomic E-state index is 0. The molecule has 0 saturated carbocycles. The Morgan fingerprint density at radius 1 is 1.05 bits per heavy atom. The Morgan fingerprint density at radius 2 is 1.67 bits per heavy atom. The molecule has 6 heteroatoms. The van der Waals surface area contributed by atoms with Crippen LogP contribution in [0.2, 0.25) is 0 Å². The third kappa shape index (κ3) is 8.81. The van der Waals surface area contributed by atoms with Crippen LogP contribution in [0.3, 0.4) is 0 Å². The Bertz CT molecular complexity index is 394. The number of halogens is 2. The molecule has 0 fully saturated rings. The molecule has 122 valence electrons. The summed E-state index contributed by atoms with van der Waals surface area (Å²) in [5, 5.41) is 9.33. The number of rotatable bonds is 8. The Balaban J connectivity index is 0. The maximum absolute atomic E-state index is 11.7. The number of hydrogen-bond donors (Lipinski definition) is 3. The van der Waals surface area contributed by atoms with Crippen LogP contribution in [0.1, 0.15) is 24.5 Å². The van der Waals surface area contributed by atoms with Gasteiger partial charge in [0.05, 0.1) is 6.54 Å². The van der Waals surface area contributed by atoms with Gasteiger partial charge in [-0.1, -0.05) is 25.1 Å². The van der Waals surface area contributed by atoms with Crippen LogP contribution in [-0.4, -0.2) is 32.1 Å². The number of carbonyl (C=O) groups excluding carboxylic acids is 1. The van der Waals surface area contributed by atoms with Crippen molar-refractivity contribution in [1.29, 1.82) is 0 Å². The van der Waals surface area contributed by atoms with Gasteiger partial charge in [0, 0.05) is 18.8 Å². The maximum Gasteiger partial charge on any atom is 0.239 e. The van der Waals surface area contributed by atoms with Gasteiger partial charge in [0.2, 0.25) is 5.91 Å². The zero-order valence-electron chi connectivity index (χ0n) is 13.0. The standard InChI is InChI=1S/C15H25N3O.2ClH/c1-4-8-16-9-10-17-14(19)11-18-15-12(2)6-5-7-13(15)3;;/h5-7,16,18H,4,8-11H2,1-3H3,(H,17,19);2*1H. The fraction of sp³-hybridized carbons (Fsp3) is 0.533. The molecule has 3 N–H and O–H groups in total. The molecule has 1 aromatic rings. The highest BCUT2D eigenvalue weighted by Gasteiger charge is 2.04. The molecule has 0 aliphatic heterocycles. The first-order chi connectivity index (χ1) is 9.15. The molecule has 1 aromatic carbocycles. The van der Waals surface area contributed by atoms with E-state index in [0.717, 1.165) is 36.3 Å². The normalized spacial score (nSPS) is 9.29. The summed E-state index contributed by atoms with van der Waals surface area (Å²) in [6.45, 7) is 9.02. The van der Waals surface area contributed by atoms with Gasteiger partial charge < -0.3 is 16.0 Å². The maximum atomic E-state index is 11.7. The predicted octanol–water partition coefficient (Wildman–Crippen LogP) is 2.67. The first-order valence-corrected chi connectivity index (χ1v) is 6.92. The van der Waals surface area contributed by atoms with Crippen LogP contribution in [0.25, 0.3) is 0 Å². The first-order valence-electron chi connectivity index (χ1n) is 6.92. The number of anilines is 1. The van der Waals surface area contributed by atoms with Gasteiger partial charge in [0.1, 0.15) is 0 Å². The van der Waals surface area contributed by atoms with Crippen LogP contribution in [0, 0.1) is 13.8 Å². The Labute approximate surface area is 140 Å². The summed E-state index contributed by atoms with van der Waals surface area (Å²) in [6.07, 6.45) is 1.11. The van der Waals surface area contributed by atoms with Crippen LogP contribution in [0.4, 0.5) is 5.69 Å². The largest absolute Gasteiger partial charge is 0.376 e. The Hall–Kier alpha value is -0.970. The van der Waals surface area contributed by atoms with Crippen LogP contribution >= 0.6 is 24.8 Å². The Morgan fingerprint density at radius 3 is 2.24 bits per heavy atom. The van der Waals surface area contributed by atoms with Crippen molar-refractivity contribution in [2.75, 3.05) is 31.5 Å². The van der Waals surface area contributed by atoms with E-state index in [-0.39, 0.29) is 30.7 Å². The van der Waals surface area contributed by atoms with E-state index in [4.69, 9.17) is 0 Å². The number of nitrogens with one attached hydrogen (secondary N) is 3. The average molecular weight is 336 g/mol. The van der Waals surface area contributed by atoms with E-state index in [1.54, 1.807) is 0 Å². The van der Waals surface area contributed by atoms with Gasteiger partial charge in [-0.2, -0.15) is 0 Å². The topological polar surface area (TPSA) is 53.2 Å². The summed E-state index contributed by atoms with van der Waals surface area (Å²) in [4.78, 5) is 11.7. The molecule has 0 aliphatic rings. The van der Waals surface area contributed by atoms with E-state index in [0.29, 0.717) is 13.1 Å². The lowest BCUT2D eigenvalue weighted by Crippen LogP contribution is -2.35. The molecule has 0 saturated heterocycles. The molecule has 0 bridgehead atoms. The van der Waals surface area contributed by atoms with Crippen molar-refractivity contribution >= 4 is 36.4 Å². The second kappa shape index (κ2) is 12.7. The van der Waals surface area contributed by atoms with Crippen molar-refractivity contribution < 1.29 is 4.79 Å². The van der Waals surface area contributed by atoms with Crippen molar-refractivity contribution in [3.05, 3.63) is 29.3 Å². The average Bonchev–Trinajstić information content (AvgIpc) is 2.38. The van der Waals surface area contributed by atoms with Crippen LogP contribution in [0.5, 0.6) is 0 Å². The summed E-state index contributed by atoms with van der Waals surface area (Å²) in [7, 11) is 0. The van der Waals surface area contributed by atoms with Gasteiger partial charge in [-0.25, -0.2) is 0 Å². The van der Waals surface area contributed by atoms with Gasteiger partial charge in [-0.05, 0) is 37.9 Å². The van der Waals surface area contributed by atoms with Gasteiger partial charge in [-0.3, -0.25) is 4.79 Å². The molecule has 0 aliphatic carbocycles. The molecule has 21 heavy (non-hydrogen) atoms. The zero-order valence-corrected chi connectivity index (χ0v) is 14.6. The third-order valence-corrected chi connectivity index (χ3v) is 2.96. The van der Waals surface area contributed by atoms with E-state index in [2.05, 4.69) is 22.9 Å². The molecular weight excluding hydrogens is 309 g/mol. The molecule has 0 aromatic heterocycles. The molecule has 0 heterocycles. The SMILES string of the molecule is CCCNCCNC(=O)CNc1c(C)cccc1C.Cl.Cl. The number of carbonyl (C=O) groups is 1. The van der Waals surface area contributed by atoms with Gasteiger partial charge in [0.15, 0.2) is 0 Å². The lowest BCUT2D eigenvalue weighted by Gasteiger charge is -2.12. The van der Waals surface area contributed by atoms with Crippen molar-refractivity contribution in [1.82, 2.24) is 10.6 Å². The Kier molecular flexibility index (Phi) is 13.5. The summed E-state index contributed by atoms with van der Waals surface area (Å²) in [6, 6.07) is 6.11. The summed E-state index contributed by atoms with van der Waals surface area (Å²) >= 11 is 0. The fourth-order valence-corrected chi connectivity index (χ4v) is 1.92. The van der Waals surface area contributed by atoms with Crippen molar-refractivity contribution in [2.45, 2.75) is 27.2 Å². The first kappa shape index (κ1) is 22.3. The van der Waals surface area contributed by atoms with Crippen LogP contribution in [0.15, 0.2) is 18.2 Å². The van der Waals surface area contributed by atoms with E-state index < -0.39 is 0 Å². The number of hydrogen-bond acceptors (Lipinski definition) is 3. The third-order valence-electron chi connectivity index (χ3n) is 2.96. The lowest BCUT2D eigenvalue weighted by atomic mass is 10.1. The lowest BCUT2D eigenvalue weighted by molar-refractivity contribution is -0.119. The summed E-state index contributed by atoms with van der Waals surface area (Å²) < 4.78 is 0. The number of amides is 1. The highest BCUT2D eigenvalue weighted by molar-refractivity contribution is 5.85. The molecule has 1 rings (SSSR count). The molecule has 0 unspecified atom stereocenters. The second-order valence-corrected chi connectivity index (χ2v) is 4.72. The van der Waals surface area contributed by atoms with Gasteiger partial charge in [-0.15, -0.1) is 24.8 Å². The highest BCUT2D eigenvalue weighted by atomic mass is 35.5. The number of para-hydroxylation sites is 1. The monoisotopic (exact) mass is 335 g/mol. The predicted molar refractivity (Wildman–Crippen MR) is 95.1 cm³/mol. The van der Waals surface area contributed by atoms with Crippen molar-refractivity contribution in [3.63, 3.8) is 0 Å². The van der Waals surface area contributed by atoms with E-state index >= 15 is 0 Å². The quantitative estimate of drug-likeness (QED) is 0.640. The number of aryl methyl sites for hydroxylation is 2. The molecule has 0 radical (unpaired) electrons. The number of benzene rings is 1. The van der Waals surface area contributed by atoms with Crippen molar-refractivity contribution in [3.8, 4) is 0 Å². The highest BCUT2D eigenvalue weighted by Crippen LogP contribution is 2.18. The minimum absolute atomic E-state index is 0. The van der Waals surface area contributed by atoms with E-state index in [9.17, 15) is 4.79 Å². The zero-order chi connectivity index (χ0) is 14.1. The molecule has 0 atom stereocenters. The second-order valence-electron chi connectivity index (χ2n) is 4.72. The van der Waals surface area contributed by atoms with Gasteiger partial charge >= 0.3 is 0 Å². The smallest absolute Gasteiger partial charge is 0.239 e. The molecule has 4 nitrogen and oxygen atoms in total. The van der Waals surface area contributed by atoms with E-state index in [1.165, 1.54) is 0 Å². The van der Waals surface area contributed by atoms with Crippen LogP contribution in [-0.2, 0) is 4.79 Å². The van der Waals surface area contributed by atoms with Gasteiger partial charge in [0.25, 0.3) is 0 Å². The fourth-order valence-electron chi connectivity index (χ4n) is 1.92. The summed E-state index contributed by atoms with van der Waals surface area (Å²) in [5.41, 5.74) is 3.39. The molecular formula is C15H27Cl2N3O. The molecule has 1 amide bonds. The summed E-state index contributed by atoms with van der Waals surface area (Å²) in [5.74, 6) is 0.0287. The van der Waals surface area contributed by atoms with Crippen molar-refractivity contribution in [2.24, 2.45) is 0 Å². The van der Waals surface area contributed by atoms with Crippen LogP contribution < -0.4 is 16.0 Å². The molecule has 0 spiro atoms.